The molecule has 3 aliphatic rings. The first kappa shape index (κ1) is 19.9. The molecule has 1 aliphatic carbocycles. The Morgan fingerprint density at radius 3 is 2.28 bits per heavy atom. The molecule has 0 radical (unpaired) electrons. The van der Waals surface area contributed by atoms with Crippen molar-refractivity contribution in [3.05, 3.63) is 11.8 Å². The largest absolute Gasteiger partial charge is 0.410 e. The lowest BCUT2D eigenvalue weighted by molar-refractivity contribution is -0.173. The van der Waals surface area contributed by atoms with E-state index in [1.54, 1.807) is 6.92 Å². The first-order valence-electron chi connectivity index (χ1n) is 9.92. The maximum Gasteiger partial charge on any atom is 0.410 e. The number of aromatic nitrogens is 2. The number of alkyl halides is 3. The number of hydrogen-bond donors (Lipinski definition) is 0. The van der Waals surface area contributed by atoms with Crippen molar-refractivity contribution in [2.24, 2.45) is 11.8 Å². The van der Waals surface area contributed by atoms with Crippen molar-refractivity contribution in [3.8, 4) is 0 Å². The molecule has 0 spiro atoms. The summed E-state index contributed by atoms with van der Waals surface area (Å²) in [6.45, 7) is 2.88. The van der Waals surface area contributed by atoms with Crippen molar-refractivity contribution < 1.29 is 27.6 Å². The molecular formula is C19H23F3N4O3. The van der Waals surface area contributed by atoms with Crippen molar-refractivity contribution in [2.75, 3.05) is 11.4 Å². The zero-order valence-corrected chi connectivity index (χ0v) is 16.3. The lowest BCUT2D eigenvalue weighted by Crippen LogP contribution is -2.52. The normalized spacial score (nSPS) is 28.4. The van der Waals surface area contributed by atoms with Crippen LogP contribution in [-0.2, 0) is 14.4 Å². The summed E-state index contributed by atoms with van der Waals surface area (Å²) in [5, 5.41) is 3.93. The molecule has 0 unspecified atom stereocenters. The molecule has 3 heterocycles. The standard InChI is InChI=1S/C19H23F3N4O3/c1-10-9-15-24(8-7-14(19(20,21)22)26(15)23-10)16(27)11(2)25-17(28)12-5-3-4-6-13(12)18(25)29/h9,11-14H,3-8H2,1-2H3/t11-,12-,13+,14-/m0/s1. The van der Waals surface area contributed by atoms with E-state index in [9.17, 15) is 27.6 Å². The summed E-state index contributed by atoms with van der Waals surface area (Å²) < 4.78 is 40.9. The van der Waals surface area contributed by atoms with Gasteiger partial charge in [0.25, 0.3) is 5.91 Å². The Labute approximate surface area is 165 Å². The van der Waals surface area contributed by atoms with E-state index < -0.39 is 24.2 Å². The Morgan fingerprint density at radius 2 is 1.72 bits per heavy atom. The molecule has 0 bridgehead atoms. The molecule has 1 aromatic rings. The quantitative estimate of drug-likeness (QED) is 0.700. The van der Waals surface area contributed by atoms with Crippen molar-refractivity contribution in [3.63, 3.8) is 0 Å². The molecule has 2 fully saturated rings. The molecule has 158 valence electrons. The van der Waals surface area contributed by atoms with Crippen molar-refractivity contribution in [1.29, 1.82) is 0 Å². The minimum absolute atomic E-state index is 0.0458. The Balaban J connectivity index is 1.61. The van der Waals surface area contributed by atoms with E-state index >= 15 is 0 Å². The zero-order valence-electron chi connectivity index (χ0n) is 16.3. The lowest BCUT2D eigenvalue weighted by atomic mass is 9.81. The van der Waals surface area contributed by atoms with Crippen molar-refractivity contribution in [1.82, 2.24) is 14.7 Å². The minimum Gasteiger partial charge on any atom is -0.295 e. The van der Waals surface area contributed by atoms with Gasteiger partial charge in [-0.1, -0.05) is 12.8 Å². The number of fused-ring (bicyclic) bond motifs is 2. The van der Waals surface area contributed by atoms with Crippen LogP contribution in [0.25, 0.3) is 0 Å². The molecule has 7 nitrogen and oxygen atoms in total. The number of aryl methyl sites for hydroxylation is 1. The molecule has 2 aliphatic heterocycles. The third-order valence-corrected chi connectivity index (χ3v) is 6.30. The molecule has 0 N–H and O–H groups in total. The van der Waals surface area contributed by atoms with Gasteiger partial charge in [-0.2, -0.15) is 18.3 Å². The molecule has 10 heteroatoms. The molecule has 4 atom stereocenters. The number of nitrogens with zero attached hydrogens (tertiary/aromatic N) is 4. The van der Waals surface area contributed by atoms with Crippen LogP contribution in [-0.4, -0.2) is 51.2 Å². The number of imide groups is 1. The fraction of sp³-hybridized carbons (Fsp3) is 0.684. The number of anilines is 1. The number of carbonyl (C=O) groups is 3. The predicted octanol–water partition coefficient (Wildman–Crippen LogP) is 2.60. The summed E-state index contributed by atoms with van der Waals surface area (Å²) in [6, 6.07) is -1.44. The Hall–Kier alpha value is -2.39. The van der Waals surface area contributed by atoms with E-state index in [2.05, 4.69) is 5.10 Å². The second-order valence-electron chi connectivity index (χ2n) is 8.14. The summed E-state index contributed by atoms with van der Waals surface area (Å²) in [5.41, 5.74) is 0.362. The van der Waals surface area contributed by atoms with Crippen LogP contribution >= 0.6 is 0 Å². The second-order valence-corrected chi connectivity index (χ2v) is 8.14. The molecular weight excluding hydrogens is 389 g/mol. The van der Waals surface area contributed by atoms with Gasteiger partial charge in [0.2, 0.25) is 11.8 Å². The highest BCUT2D eigenvalue weighted by Crippen LogP contribution is 2.41. The fourth-order valence-corrected chi connectivity index (χ4v) is 4.85. The van der Waals surface area contributed by atoms with Crippen LogP contribution in [0, 0.1) is 18.8 Å². The topological polar surface area (TPSA) is 75.5 Å². The Kier molecular flexibility index (Phi) is 4.70. The Morgan fingerprint density at radius 1 is 1.14 bits per heavy atom. The maximum absolute atomic E-state index is 13.4. The highest BCUT2D eigenvalue weighted by atomic mass is 19.4. The molecule has 3 amide bonds. The average Bonchev–Trinajstić information content (AvgIpc) is 3.17. The molecule has 0 aromatic carbocycles. The predicted molar refractivity (Wildman–Crippen MR) is 95.8 cm³/mol. The third-order valence-electron chi connectivity index (χ3n) is 6.30. The second kappa shape index (κ2) is 6.84. The molecule has 29 heavy (non-hydrogen) atoms. The van der Waals surface area contributed by atoms with Gasteiger partial charge in [-0.15, -0.1) is 0 Å². The van der Waals surface area contributed by atoms with Gasteiger partial charge >= 0.3 is 6.18 Å². The van der Waals surface area contributed by atoms with Crippen LogP contribution in [0.1, 0.15) is 50.8 Å². The van der Waals surface area contributed by atoms with E-state index in [4.69, 9.17) is 0 Å². The first-order valence-corrected chi connectivity index (χ1v) is 9.92. The van der Waals surface area contributed by atoms with Crippen LogP contribution in [0.5, 0.6) is 0 Å². The van der Waals surface area contributed by atoms with Gasteiger partial charge in [-0.3, -0.25) is 24.2 Å². The van der Waals surface area contributed by atoms with E-state index in [0.717, 1.165) is 22.4 Å². The van der Waals surface area contributed by atoms with Crippen LogP contribution in [0.3, 0.4) is 0 Å². The monoisotopic (exact) mass is 412 g/mol. The van der Waals surface area contributed by atoms with Gasteiger partial charge in [0.1, 0.15) is 11.9 Å². The van der Waals surface area contributed by atoms with Crippen LogP contribution in [0.2, 0.25) is 0 Å². The van der Waals surface area contributed by atoms with E-state index in [0.29, 0.717) is 18.5 Å². The number of amides is 3. The number of likely N-dealkylation sites (tertiary alicyclic amines) is 1. The van der Waals surface area contributed by atoms with Gasteiger partial charge in [0.05, 0.1) is 17.5 Å². The van der Waals surface area contributed by atoms with Gasteiger partial charge in [-0.05, 0) is 33.1 Å². The Bertz CT molecular complexity index is 841. The van der Waals surface area contributed by atoms with Gasteiger partial charge < -0.3 is 0 Å². The van der Waals surface area contributed by atoms with Crippen LogP contribution in [0.15, 0.2) is 6.07 Å². The molecule has 1 saturated heterocycles. The van der Waals surface area contributed by atoms with E-state index in [1.165, 1.54) is 17.9 Å². The van der Waals surface area contributed by atoms with Gasteiger partial charge in [-0.25, -0.2) is 4.68 Å². The molecule has 4 rings (SSSR count). The number of hydrogen-bond acceptors (Lipinski definition) is 4. The van der Waals surface area contributed by atoms with E-state index in [1.807, 2.05) is 0 Å². The average molecular weight is 412 g/mol. The summed E-state index contributed by atoms with van der Waals surface area (Å²) >= 11 is 0. The summed E-state index contributed by atoms with van der Waals surface area (Å²) in [6.07, 6.45) is -1.79. The lowest BCUT2D eigenvalue weighted by Gasteiger charge is -2.36. The van der Waals surface area contributed by atoms with Crippen molar-refractivity contribution in [2.45, 2.75) is 64.2 Å². The number of carbonyl (C=O) groups excluding carboxylic acids is 3. The van der Waals surface area contributed by atoms with Gasteiger partial charge in [0.15, 0.2) is 6.04 Å². The SMILES string of the molecule is Cc1cc2n(n1)[C@H](C(F)(F)F)CCN2C(=O)[C@H](C)N1C(=O)[C@H]2CCCC[C@H]2C1=O. The van der Waals surface area contributed by atoms with E-state index in [-0.39, 0.29) is 42.4 Å². The third kappa shape index (κ3) is 3.12. The summed E-state index contributed by atoms with van der Waals surface area (Å²) in [4.78, 5) is 41.0. The maximum atomic E-state index is 13.4. The van der Waals surface area contributed by atoms with Crippen LogP contribution < -0.4 is 4.90 Å². The molecule has 1 aromatic heterocycles. The summed E-state index contributed by atoms with van der Waals surface area (Å²) in [5.74, 6) is -1.95. The minimum atomic E-state index is -4.48. The van der Waals surface area contributed by atoms with Crippen molar-refractivity contribution >= 4 is 23.5 Å². The first-order chi connectivity index (χ1) is 13.6. The highest BCUT2D eigenvalue weighted by Gasteiger charge is 2.52. The van der Waals surface area contributed by atoms with Gasteiger partial charge in [0, 0.05) is 12.6 Å². The summed E-state index contributed by atoms with van der Waals surface area (Å²) in [7, 11) is 0. The molecule has 1 saturated carbocycles. The highest BCUT2D eigenvalue weighted by molar-refractivity contribution is 6.10. The zero-order chi connectivity index (χ0) is 21.1. The smallest absolute Gasteiger partial charge is 0.295 e. The fourth-order valence-electron chi connectivity index (χ4n) is 4.85. The number of rotatable bonds is 2. The van der Waals surface area contributed by atoms with Crippen LogP contribution in [0.4, 0.5) is 19.0 Å². The number of halogens is 3.